The molecule has 2 aliphatic rings. The average Bonchev–Trinajstić information content (AvgIpc) is 2.73. The minimum absolute atomic E-state index is 0.188. The first-order chi connectivity index (χ1) is 14.0. The molecule has 0 bridgehead atoms. The second-order valence-corrected chi connectivity index (χ2v) is 9.72. The van der Waals surface area contributed by atoms with E-state index in [0.717, 1.165) is 63.2 Å². The van der Waals surface area contributed by atoms with Crippen LogP contribution in [0, 0.1) is 23.7 Å². The fourth-order valence-electron chi connectivity index (χ4n) is 5.51. The number of hydrogen-bond acceptors (Lipinski definition) is 2. The van der Waals surface area contributed by atoms with Crippen molar-refractivity contribution < 1.29 is 9.59 Å². The Kier molecular flexibility index (Phi) is 10.5. The molecule has 2 rings (SSSR count). The fraction of sp³-hybridized carbons (Fsp3) is 0.920. The summed E-state index contributed by atoms with van der Waals surface area (Å²) in [6.45, 7) is 8.43. The third-order valence-electron chi connectivity index (χ3n) is 7.77. The van der Waals surface area contributed by atoms with E-state index in [0.29, 0.717) is 12.1 Å². The quantitative estimate of drug-likeness (QED) is 0.496. The topological polar surface area (TPSA) is 58.2 Å². The van der Waals surface area contributed by atoms with Gasteiger partial charge < -0.3 is 10.6 Å². The normalized spacial score (nSPS) is 27.8. The van der Waals surface area contributed by atoms with E-state index >= 15 is 0 Å². The highest BCUT2D eigenvalue weighted by molar-refractivity contribution is 5.79. The van der Waals surface area contributed by atoms with Crippen LogP contribution < -0.4 is 10.6 Å². The van der Waals surface area contributed by atoms with Crippen LogP contribution in [0.2, 0.25) is 0 Å². The zero-order valence-electron chi connectivity index (χ0n) is 19.5. The maximum absolute atomic E-state index is 12.3. The Morgan fingerprint density at radius 2 is 0.931 bits per heavy atom. The maximum Gasteiger partial charge on any atom is 0.223 e. The van der Waals surface area contributed by atoms with Crippen LogP contribution in [0.4, 0.5) is 0 Å². The second-order valence-electron chi connectivity index (χ2n) is 9.72. The van der Waals surface area contributed by atoms with Gasteiger partial charge in [-0.15, -0.1) is 0 Å². The van der Waals surface area contributed by atoms with Crippen molar-refractivity contribution in [1.29, 1.82) is 0 Å². The molecular weight excluding hydrogens is 360 g/mol. The summed E-state index contributed by atoms with van der Waals surface area (Å²) in [7, 11) is 0. The maximum atomic E-state index is 12.3. The third kappa shape index (κ3) is 7.61. The van der Waals surface area contributed by atoms with E-state index < -0.39 is 0 Å². The SMILES string of the molecule is CCC(CC)C(=O)NC1CCC(CC2CCC(NC(=O)C(CC)CC)CC2)CC1. The summed E-state index contributed by atoms with van der Waals surface area (Å²) in [5, 5.41) is 6.62. The van der Waals surface area contributed by atoms with Crippen molar-refractivity contribution in [3.63, 3.8) is 0 Å². The summed E-state index contributed by atoms with van der Waals surface area (Å²) in [5.74, 6) is 2.58. The molecule has 0 saturated heterocycles. The first kappa shape index (κ1) is 24.2. The predicted octanol–water partition coefficient (Wildman–Crippen LogP) is 5.60. The molecule has 0 aromatic rings. The van der Waals surface area contributed by atoms with E-state index in [4.69, 9.17) is 0 Å². The molecule has 0 atom stereocenters. The number of rotatable bonds is 10. The Morgan fingerprint density at radius 3 is 1.21 bits per heavy atom. The molecule has 0 spiro atoms. The zero-order chi connectivity index (χ0) is 21.2. The molecule has 0 aromatic heterocycles. The Labute approximate surface area is 179 Å². The van der Waals surface area contributed by atoms with Gasteiger partial charge in [-0.2, -0.15) is 0 Å². The van der Waals surface area contributed by atoms with Crippen LogP contribution in [0.1, 0.15) is 111 Å². The van der Waals surface area contributed by atoms with Gasteiger partial charge in [-0.1, -0.05) is 27.7 Å². The van der Waals surface area contributed by atoms with Crippen molar-refractivity contribution in [2.45, 2.75) is 123 Å². The minimum atomic E-state index is 0.188. The molecule has 2 saturated carbocycles. The molecule has 2 fully saturated rings. The second kappa shape index (κ2) is 12.6. The molecule has 0 heterocycles. The van der Waals surface area contributed by atoms with Crippen LogP contribution in [-0.2, 0) is 9.59 Å². The average molecular weight is 407 g/mol. The monoisotopic (exact) mass is 406 g/mol. The fourth-order valence-corrected chi connectivity index (χ4v) is 5.51. The molecular formula is C25H46N2O2. The lowest BCUT2D eigenvalue weighted by Crippen LogP contribution is -2.41. The van der Waals surface area contributed by atoms with Gasteiger partial charge in [-0.05, 0) is 95.3 Å². The Hall–Kier alpha value is -1.06. The van der Waals surface area contributed by atoms with Crippen molar-refractivity contribution in [3.8, 4) is 0 Å². The molecule has 2 aliphatic carbocycles. The number of nitrogens with one attached hydrogen (secondary N) is 2. The lowest BCUT2D eigenvalue weighted by molar-refractivity contribution is -0.127. The highest BCUT2D eigenvalue weighted by atomic mass is 16.2. The van der Waals surface area contributed by atoms with Gasteiger partial charge in [-0.25, -0.2) is 0 Å². The van der Waals surface area contributed by atoms with Gasteiger partial charge in [0.15, 0.2) is 0 Å². The van der Waals surface area contributed by atoms with Gasteiger partial charge in [-0.3, -0.25) is 9.59 Å². The molecule has 29 heavy (non-hydrogen) atoms. The highest BCUT2D eigenvalue weighted by Gasteiger charge is 2.29. The Morgan fingerprint density at radius 1 is 0.621 bits per heavy atom. The molecule has 0 aliphatic heterocycles. The minimum Gasteiger partial charge on any atom is -0.353 e. The summed E-state index contributed by atoms with van der Waals surface area (Å²) in [6, 6.07) is 0.797. The van der Waals surface area contributed by atoms with Gasteiger partial charge in [0, 0.05) is 23.9 Å². The van der Waals surface area contributed by atoms with Gasteiger partial charge in [0.1, 0.15) is 0 Å². The van der Waals surface area contributed by atoms with Crippen LogP contribution in [0.15, 0.2) is 0 Å². The van der Waals surface area contributed by atoms with Gasteiger partial charge in [0.05, 0.1) is 0 Å². The number of hydrogen-bond donors (Lipinski definition) is 2. The highest BCUT2D eigenvalue weighted by Crippen LogP contribution is 2.35. The van der Waals surface area contributed by atoms with Crippen LogP contribution in [0.5, 0.6) is 0 Å². The van der Waals surface area contributed by atoms with Gasteiger partial charge in [0.25, 0.3) is 0 Å². The predicted molar refractivity (Wildman–Crippen MR) is 121 cm³/mol. The molecule has 2 amide bonds. The molecule has 4 heteroatoms. The van der Waals surface area contributed by atoms with Crippen LogP contribution in [0.3, 0.4) is 0 Å². The first-order valence-corrected chi connectivity index (χ1v) is 12.6. The van der Waals surface area contributed by atoms with Crippen LogP contribution in [0.25, 0.3) is 0 Å². The van der Waals surface area contributed by atoms with E-state index in [2.05, 4.69) is 38.3 Å². The number of carbonyl (C=O) groups is 2. The summed E-state index contributed by atoms with van der Waals surface area (Å²) in [5.41, 5.74) is 0. The van der Waals surface area contributed by atoms with Crippen LogP contribution in [-0.4, -0.2) is 23.9 Å². The third-order valence-corrected chi connectivity index (χ3v) is 7.77. The van der Waals surface area contributed by atoms with E-state index in [-0.39, 0.29) is 23.7 Å². The molecule has 0 unspecified atom stereocenters. The van der Waals surface area contributed by atoms with Gasteiger partial charge in [0.2, 0.25) is 11.8 Å². The van der Waals surface area contributed by atoms with Crippen molar-refractivity contribution in [2.75, 3.05) is 0 Å². The van der Waals surface area contributed by atoms with E-state index in [1.807, 2.05) is 0 Å². The van der Waals surface area contributed by atoms with Crippen molar-refractivity contribution in [3.05, 3.63) is 0 Å². The molecule has 2 N–H and O–H groups in total. The summed E-state index contributed by atoms with van der Waals surface area (Å²) >= 11 is 0. The number of amides is 2. The zero-order valence-corrected chi connectivity index (χ0v) is 19.5. The number of carbonyl (C=O) groups excluding carboxylic acids is 2. The summed E-state index contributed by atoms with van der Waals surface area (Å²) in [6.07, 6.45) is 14.8. The summed E-state index contributed by atoms with van der Waals surface area (Å²) < 4.78 is 0. The van der Waals surface area contributed by atoms with Crippen molar-refractivity contribution in [1.82, 2.24) is 10.6 Å². The van der Waals surface area contributed by atoms with E-state index in [9.17, 15) is 9.59 Å². The summed E-state index contributed by atoms with van der Waals surface area (Å²) in [4.78, 5) is 24.6. The Balaban J connectivity index is 1.64. The molecule has 4 nitrogen and oxygen atoms in total. The lowest BCUT2D eigenvalue weighted by Gasteiger charge is -2.35. The van der Waals surface area contributed by atoms with Crippen molar-refractivity contribution in [2.24, 2.45) is 23.7 Å². The standard InChI is InChI=1S/C25H46N2O2/c1-5-20(6-2)24(28)26-22-13-9-18(10-14-22)17-19-11-15-23(16-12-19)27-25(29)21(7-3)8-4/h18-23H,5-17H2,1-4H3,(H,26,28)(H,27,29). The first-order valence-electron chi connectivity index (χ1n) is 12.6. The molecule has 0 radical (unpaired) electrons. The Bertz CT molecular complexity index is 439. The largest absolute Gasteiger partial charge is 0.353 e. The smallest absolute Gasteiger partial charge is 0.223 e. The molecule has 0 aromatic carbocycles. The van der Waals surface area contributed by atoms with Crippen LogP contribution >= 0.6 is 0 Å². The van der Waals surface area contributed by atoms with Gasteiger partial charge >= 0.3 is 0 Å². The van der Waals surface area contributed by atoms with Crippen molar-refractivity contribution >= 4 is 11.8 Å². The molecule has 168 valence electrons. The van der Waals surface area contributed by atoms with E-state index in [1.54, 1.807) is 0 Å². The van der Waals surface area contributed by atoms with E-state index in [1.165, 1.54) is 32.1 Å². The lowest BCUT2D eigenvalue weighted by atomic mass is 9.75.